The Morgan fingerprint density at radius 3 is 2.81 bits per heavy atom. The maximum absolute atomic E-state index is 8.63. The maximum Gasteiger partial charge on any atom is 0.132 e. The van der Waals surface area contributed by atoms with Crippen LogP contribution in [0, 0.1) is 5.41 Å². The van der Waals surface area contributed by atoms with Crippen molar-refractivity contribution in [2.24, 2.45) is 0 Å². The number of nitrogens with zero attached hydrogens (tertiary/aromatic N) is 3. The van der Waals surface area contributed by atoms with Crippen LogP contribution < -0.4 is 15.4 Å². The average molecular weight is 367 g/mol. The van der Waals surface area contributed by atoms with Gasteiger partial charge < -0.3 is 20.1 Å². The summed E-state index contributed by atoms with van der Waals surface area (Å²) >= 11 is 0. The van der Waals surface area contributed by atoms with Gasteiger partial charge in [-0.05, 0) is 44.4 Å². The molecular weight excluding hydrogens is 342 g/mol. The summed E-state index contributed by atoms with van der Waals surface area (Å²) in [5, 5.41) is 8.63. The zero-order chi connectivity index (χ0) is 19.0. The fraction of sp³-hybridized carbons (Fsp3) is 0.450. The molecular formula is C20H25N5O2. The first-order valence-electron chi connectivity index (χ1n) is 9.25. The molecule has 1 aromatic carbocycles. The number of nitrogens with two attached hydrogens (primary N) is 1. The minimum atomic E-state index is -0.0781. The van der Waals surface area contributed by atoms with Gasteiger partial charge in [0.2, 0.25) is 0 Å². The largest absolute Gasteiger partial charge is 0.488 e. The highest BCUT2D eigenvalue weighted by atomic mass is 16.5. The second-order valence-corrected chi connectivity index (χ2v) is 7.53. The fourth-order valence-electron chi connectivity index (χ4n) is 3.30. The van der Waals surface area contributed by atoms with Gasteiger partial charge >= 0.3 is 0 Å². The zero-order valence-electron chi connectivity index (χ0n) is 15.7. The van der Waals surface area contributed by atoms with E-state index >= 15 is 0 Å². The molecule has 0 amide bonds. The Morgan fingerprint density at radius 1 is 1.30 bits per heavy atom. The van der Waals surface area contributed by atoms with Gasteiger partial charge in [0.05, 0.1) is 17.5 Å². The van der Waals surface area contributed by atoms with Gasteiger partial charge in [0.25, 0.3) is 0 Å². The lowest BCUT2D eigenvalue weighted by molar-refractivity contribution is 0.121. The van der Waals surface area contributed by atoms with Crippen LogP contribution >= 0.6 is 0 Å². The van der Waals surface area contributed by atoms with Crippen molar-refractivity contribution in [3.63, 3.8) is 0 Å². The number of anilines is 2. The molecule has 1 aliphatic carbocycles. The number of hydrogen-bond acceptors (Lipinski definition) is 7. The molecule has 7 nitrogen and oxygen atoms in total. The third-order valence-corrected chi connectivity index (χ3v) is 5.32. The number of hydrogen-bond donors (Lipinski definition) is 2. The average Bonchev–Trinajstić information content (AvgIpc) is 3.21. The lowest BCUT2D eigenvalue weighted by Crippen LogP contribution is -2.23. The van der Waals surface area contributed by atoms with Crippen molar-refractivity contribution in [2.75, 3.05) is 30.8 Å². The molecule has 3 N–H and O–H groups in total. The predicted octanol–water partition coefficient (Wildman–Crippen LogP) is 2.63. The summed E-state index contributed by atoms with van der Waals surface area (Å²) in [6.45, 7) is 3.77. The predicted molar refractivity (Wildman–Crippen MR) is 105 cm³/mol. The molecule has 0 bridgehead atoms. The van der Waals surface area contributed by atoms with Gasteiger partial charge in [-0.1, -0.05) is 0 Å². The minimum absolute atomic E-state index is 0.0781. The molecule has 0 radical (unpaired) electrons. The number of benzene rings is 1. The highest BCUT2D eigenvalue weighted by Gasteiger charge is 2.40. The standard InChI is InChI=1S/C20H25N5O2/c1-20(6-7-20)27-13-3-4-16(21)15(9-13)19(22)17-10-18(24-12-23-17)25-8-5-14(11-25)26-2/h3-4,9-10,12,14,22H,5-8,11,21H2,1-2H3/t14-/m1/s1. The Morgan fingerprint density at radius 2 is 2.11 bits per heavy atom. The van der Waals surface area contributed by atoms with Gasteiger partial charge in [-0.3, -0.25) is 5.41 Å². The van der Waals surface area contributed by atoms with Crippen LogP contribution in [-0.2, 0) is 4.74 Å². The Kier molecular flexibility index (Phi) is 4.47. The van der Waals surface area contributed by atoms with Gasteiger partial charge in [-0.25, -0.2) is 9.97 Å². The Balaban J connectivity index is 1.57. The van der Waals surface area contributed by atoms with Crippen LogP contribution in [-0.4, -0.2) is 47.6 Å². The normalized spacial score (nSPS) is 20.5. The van der Waals surface area contributed by atoms with Crippen LogP contribution in [0.1, 0.15) is 37.4 Å². The number of aromatic nitrogens is 2. The smallest absolute Gasteiger partial charge is 0.132 e. The number of ether oxygens (including phenoxy) is 2. The number of nitrogens with one attached hydrogen (secondary N) is 1. The van der Waals surface area contributed by atoms with Gasteiger partial charge in [-0.2, -0.15) is 0 Å². The highest BCUT2D eigenvalue weighted by Crippen LogP contribution is 2.40. The summed E-state index contributed by atoms with van der Waals surface area (Å²) in [4.78, 5) is 10.8. The van der Waals surface area contributed by atoms with E-state index in [0.29, 0.717) is 16.9 Å². The van der Waals surface area contributed by atoms with Crippen LogP contribution in [0.5, 0.6) is 5.75 Å². The summed E-state index contributed by atoms with van der Waals surface area (Å²) in [5.74, 6) is 1.54. The molecule has 2 aliphatic rings. The second-order valence-electron chi connectivity index (χ2n) is 7.53. The first-order chi connectivity index (χ1) is 13.0. The van der Waals surface area contributed by atoms with Gasteiger partial charge in [0.15, 0.2) is 0 Å². The summed E-state index contributed by atoms with van der Waals surface area (Å²) in [6.07, 6.45) is 4.80. The first-order valence-corrected chi connectivity index (χ1v) is 9.25. The quantitative estimate of drug-likeness (QED) is 0.602. The minimum Gasteiger partial charge on any atom is -0.488 e. The molecule has 0 unspecified atom stereocenters. The molecule has 7 heteroatoms. The monoisotopic (exact) mass is 367 g/mol. The van der Waals surface area contributed by atoms with E-state index in [0.717, 1.165) is 43.9 Å². The summed E-state index contributed by atoms with van der Waals surface area (Å²) in [7, 11) is 1.73. The van der Waals surface area contributed by atoms with Gasteiger partial charge in [0.1, 0.15) is 23.5 Å². The Labute approximate surface area is 159 Å². The molecule has 1 atom stereocenters. The molecule has 1 aromatic heterocycles. The highest BCUT2D eigenvalue weighted by molar-refractivity contribution is 6.13. The van der Waals surface area contributed by atoms with Crippen molar-refractivity contribution in [2.45, 2.75) is 37.9 Å². The molecule has 142 valence electrons. The molecule has 1 saturated carbocycles. The Hall–Kier alpha value is -2.67. The lowest BCUT2D eigenvalue weighted by atomic mass is 10.0. The van der Waals surface area contributed by atoms with Gasteiger partial charge in [0, 0.05) is 37.5 Å². The van der Waals surface area contributed by atoms with Crippen molar-refractivity contribution >= 4 is 17.2 Å². The summed E-state index contributed by atoms with van der Waals surface area (Å²) in [5.41, 5.74) is 8.03. The molecule has 2 aromatic rings. The van der Waals surface area contributed by atoms with Crippen LogP contribution in [0.4, 0.5) is 11.5 Å². The number of methoxy groups -OCH3 is 1. The molecule has 0 spiro atoms. The van der Waals surface area contributed by atoms with Crippen LogP contribution in [0.15, 0.2) is 30.6 Å². The van der Waals surface area contributed by atoms with Crippen molar-refractivity contribution in [1.29, 1.82) is 5.41 Å². The topological polar surface area (TPSA) is 97.3 Å². The van der Waals surface area contributed by atoms with Crippen molar-refractivity contribution < 1.29 is 9.47 Å². The third kappa shape index (κ3) is 3.73. The molecule has 27 heavy (non-hydrogen) atoms. The number of nitrogen functional groups attached to an aromatic ring is 1. The van der Waals surface area contributed by atoms with E-state index in [1.54, 1.807) is 13.2 Å². The molecule has 1 saturated heterocycles. The summed E-state index contributed by atoms with van der Waals surface area (Å²) < 4.78 is 11.4. The van der Waals surface area contributed by atoms with Crippen LogP contribution in [0.2, 0.25) is 0 Å². The van der Waals surface area contributed by atoms with Crippen molar-refractivity contribution in [3.8, 4) is 5.75 Å². The summed E-state index contributed by atoms with van der Waals surface area (Å²) in [6, 6.07) is 7.32. The molecule has 4 rings (SSSR count). The Bertz CT molecular complexity index is 865. The van der Waals surface area contributed by atoms with E-state index in [1.165, 1.54) is 6.33 Å². The third-order valence-electron chi connectivity index (χ3n) is 5.32. The molecule has 2 fully saturated rings. The number of rotatable bonds is 6. The van der Waals surface area contributed by atoms with E-state index in [-0.39, 0.29) is 17.4 Å². The first kappa shape index (κ1) is 17.7. The fourth-order valence-corrected chi connectivity index (χ4v) is 3.30. The molecule has 1 aliphatic heterocycles. The molecule has 2 heterocycles. The second kappa shape index (κ2) is 6.81. The van der Waals surface area contributed by atoms with E-state index in [2.05, 4.69) is 21.8 Å². The zero-order valence-corrected chi connectivity index (χ0v) is 15.7. The van der Waals surface area contributed by atoms with Crippen molar-refractivity contribution in [1.82, 2.24) is 9.97 Å². The van der Waals surface area contributed by atoms with Gasteiger partial charge in [-0.15, -0.1) is 0 Å². The maximum atomic E-state index is 8.63. The van der Waals surface area contributed by atoms with E-state index in [1.807, 2.05) is 18.2 Å². The van der Waals surface area contributed by atoms with Crippen molar-refractivity contribution in [3.05, 3.63) is 41.9 Å². The van der Waals surface area contributed by atoms with E-state index in [9.17, 15) is 0 Å². The SMILES string of the molecule is CO[C@@H]1CCN(c2cc(C(=N)c3cc(OC4(C)CC4)ccc3N)ncn2)C1. The van der Waals surface area contributed by atoms with E-state index in [4.69, 9.17) is 20.6 Å². The van der Waals surface area contributed by atoms with E-state index < -0.39 is 0 Å². The lowest BCUT2D eigenvalue weighted by Gasteiger charge is -2.18. The van der Waals surface area contributed by atoms with Crippen LogP contribution in [0.3, 0.4) is 0 Å². The van der Waals surface area contributed by atoms with Crippen LogP contribution in [0.25, 0.3) is 0 Å².